The number of nitrogens with one attached hydrogen (secondary N) is 1. The van der Waals surface area contributed by atoms with Gasteiger partial charge in [-0.05, 0) is 31.2 Å². The number of aryl methyl sites for hydroxylation is 1. The lowest BCUT2D eigenvalue weighted by Crippen LogP contribution is -2.33. The predicted octanol–water partition coefficient (Wildman–Crippen LogP) is 2.02. The highest BCUT2D eigenvalue weighted by Crippen LogP contribution is 2.39. The van der Waals surface area contributed by atoms with E-state index in [9.17, 15) is 0 Å². The van der Waals surface area contributed by atoms with Gasteiger partial charge in [-0.15, -0.1) is 0 Å². The molecule has 1 aromatic rings. The summed E-state index contributed by atoms with van der Waals surface area (Å²) < 4.78 is 0. The summed E-state index contributed by atoms with van der Waals surface area (Å²) in [6, 6.07) is 1.80. The Morgan fingerprint density at radius 3 is 2.76 bits per heavy atom. The highest BCUT2D eigenvalue weighted by molar-refractivity contribution is 7.80. The Kier molecular flexibility index (Phi) is 3.28. The zero-order valence-electron chi connectivity index (χ0n) is 10.3. The van der Waals surface area contributed by atoms with Gasteiger partial charge in [0.1, 0.15) is 10.7 Å². The molecular weight excluding hydrogens is 232 g/mol. The van der Waals surface area contributed by atoms with Crippen molar-refractivity contribution >= 4 is 23.2 Å². The summed E-state index contributed by atoms with van der Waals surface area (Å²) in [7, 11) is 0. The van der Waals surface area contributed by atoms with Crippen LogP contribution in [0.15, 0.2) is 6.07 Å². The summed E-state index contributed by atoms with van der Waals surface area (Å²) in [6.07, 6.45) is 3.87. The van der Waals surface area contributed by atoms with Crippen LogP contribution in [-0.2, 0) is 0 Å². The zero-order chi connectivity index (χ0) is 12.5. The topological polar surface area (TPSA) is 63.8 Å². The molecule has 1 saturated carbocycles. The quantitative estimate of drug-likeness (QED) is 0.800. The second-order valence-electron chi connectivity index (χ2n) is 5.10. The smallest absolute Gasteiger partial charge is 0.223 e. The van der Waals surface area contributed by atoms with E-state index in [0.717, 1.165) is 12.2 Å². The van der Waals surface area contributed by atoms with E-state index in [1.807, 2.05) is 6.92 Å². The van der Waals surface area contributed by atoms with Gasteiger partial charge in [0, 0.05) is 12.2 Å². The fourth-order valence-corrected chi connectivity index (χ4v) is 2.13. The van der Waals surface area contributed by atoms with Crippen molar-refractivity contribution in [2.45, 2.75) is 33.1 Å². The summed E-state index contributed by atoms with van der Waals surface area (Å²) in [6.45, 7) is 5.11. The van der Waals surface area contributed by atoms with E-state index in [1.165, 1.54) is 19.3 Å². The molecule has 17 heavy (non-hydrogen) atoms. The van der Waals surface area contributed by atoms with Gasteiger partial charge in [0.05, 0.1) is 0 Å². The molecule has 1 aliphatic rings. The summed E-state index contributed by atoms with van der Waals surface area (Å²) in [5, 5.41) is 3.29. The minimum Gasteiger partial charge on any atom is -0.388 e. The summed E-state index contributed by atoms with van der Waals surface area (Å²) in [5.41, 5.74) is 7.50. The molecule has 3 N–H and O–H groups in total. The number of rotatable bonds is 4. The van der Waals surface area contributed by atoms with E-state index in [4.69, 9.17) is 18.0 Å². The van der Waals surface area contributed by atoms with Gasteiger partial charge in [0.15, 0.2) is 0 Å². The lowest BCUT2D eigenvalue weighted by atomic mass is 9.70. The van der Waals surface area contributed by atoms with Crippen LogP contribution in [-0.4, -0.2) is 21.5 Å². The molecule has 2 rings (SSSR count). The van der Waals surface area contributed by atoms with Crippen molar-refractivity contribution in [3.05, 3.63) is 17.5 Å². The standard InChI is InChI=1S/C12H18N4S/c1-8-6-9(10(13)17)16-11(15-8)14-7-12(2)4-3-5-12/h6H,3-5,7H2,1-2H3,(H2,13,17)(H,14,15,16). The van der Waals surface area contributed by atoms with Crippen LogP contribution in [0.25, 0.3) is 0 Å². The molecule has 5 heteroatoms. The first-order valence-corrected chi connectivity index (χ1v) is 6.29. The first-order chi connectivity index (χ1) is 7.98. The molecule has 0 radical (unpaired) electrons. The highest BCUT2D eigenvalue weighted by atomic mass is 32.1. The van der Waals surface area contributed by atoms with Crippen molar-refractivity contribution < 1.29 is 0 Å². The Labute approximate surface area is 107 Å². The summed E-state index contributed by atoms with van der Waals surface area (Å²) in [5.74, 6) is 0.626. The van der Waals surface area contributed by atoms with Gasteiger partial charge in [0.25, 0.3) is 0 Å². The number of nitrogens with two attached hydrogens (primary N) is 1. The van der Waals surface area contributed by atoms with Crippen molar-refractivity contribution in [1.29, 1.82) is 0 Å². The average molecular weight is 250 g/mol. The van der Waals surface area contributed by atoms with E-state index in [-0.39, 0.29) is 0 Å². The fraction of sp³-hybridized carbons (Fsp3) is 0.583. The van der Waals surface area contributed by atoms with Gasteiger partial charge >= 0.3 is 0 Å². The van der Waals surface area contributed by atoms with Crippen LogP contribution in [0.4, 0.5) is 5.95 Å². The van der Waals surface area contributed by atoms with Gasteiger partial charge in [-0.3, -0.25) is 0 Å². The van der Waals surface area contributed by atoms with Crippen LogP contribution in [0.3, 0.4) is 0 Å². The Morgan fingerprint density at radius 1 is 1.53 bits per heavy atom. The second-order valence-corrected chi connectivity index (χ2v) is 5.54. The van der Waals surface area contributed by atoms with Crippen molar-refractivity contribution in [3.63, 3.8) is 0 Å². The van der Waals surface area contributed by atoms with Crippen LogP contribution in [0, 0.1) is 12.3 Å². The van der Waals surface area contributed by atoms with Gasteiger partial charge in [-0.2, -0.15) is 0 Å². The second kappa shape index (κ2) is 4.56. The lowest BCUT2D eigenvalue weighted by Gasteiger charge is -2.38. The first kappa shape index (κ1) is 12.2. The number of hydrogen-bond donors (Lipinski definition) is 2. The van der Waals surface area contributed by atoms with Crippen molar-refractivity contribution in [2.24, 2.45) is 11.1 Å². The van der Waals surface area contributed by atoms with Gasteiger partial charge in [-0.1, -0.05) is 25.6 Å². The Balaban J connectivity index is 2.07. The minimum atomic E-state index is 0.313. The van der Waals surface area contributed by atoms with Crippen molar-refractivity contribution in [1.82, 2.24) is 9.97 Å². The molecule has 0 saturated heterocycles. The average Bonchev–Trinajstić information content (AvgIpc) is 2.23. The summed E-state index contributed by atoms with van der Waals surface area (Å²) in [4.78, 5) is 8.96. The molecule has 4 nitrogen and oxygen atoms in total. The van der Waals surface area contributed by atoms with Gasteiger partial charge < -0.3 is 11.1 Å². The van der Waals surface area contributed by atoms with E-state index < -0.39 is 0 Å². The van der Waals surface area contributed by atoms with E-state index >= 15 is 0 Å². The lowest BCUT2D eigenvalue weighted by molar-refractivity contribution is 0.179. The third kappa shape index (κ3) is 2.91. The van der Waals surface area contributed by atoms with Crippen LogP contribution in [0.5, 0.6) is 0 Å². The Bertz CT molecular complexity index is 440. The number of aromatic nitrogens is 2. The van der Waals surface area contributed by atoms with Gasteiger partial charge in [0.2, 0.25) is 5.95 Å². The molecule has 1 fully saturated rings. The van der Waals surface area contributed by atoms with Crippen LogP contribution in [0.1, 0.15) is 37.6 Å². The normalized spacial score (nSPS) is 17.3. The first-order valence-electron chi connectivity index (χ1n) is 5.88. The number of thiocarbonyl (C=S) groups is 1. The maximum atomic E-state index is 5.58. The third-order valence-corrected chi connectivity index (χ3v) is 3.55. The van der Waals surface area contributed by atoms with E-state index in [2.05, 4.69) is 22.2 Å². The van der Waals surface area contributed by atoms with Crippen LogP contribution >= 0.6 is 12.2 Å². The maximum absolute atomic E-state index is 5.58. The Hall–Kier alpha value is -1.23. The molecule has 1 aromatic heterocycles. The zero-order valence-corrected chi connectivity index (χ0v) is 11.1. The van der Waals surface area contributed by atoms with E-state index in [1.54, 1.807) is 6.07 Å². The fourth-order valence-electron chi connectivity index (χ4n) is 2.02. The maximum Gasteiger partial charge on any atom is 0.223 e. The molecule has 0 aromatic carbocycles. The number of anilines is 1. The molecule has 0 unspecified atom stereocenters. The highest BCUT2D eigenvalue weighted by Gasteiger charge is 2.31. The molecule has 0 atom stereocenters. The number of nitrogens with zero attached hydrogens (tertiary/aromatic N) is 2. The molecule has 0 bridgehead atoms. The monoisotopic (exact) mass is 250 g/mol. The Morgan fingerprint density at radius 2 is 2.24 bits per heavy atom. The van der Waals surface area contributed by atoms with Gasteiger partial charge in [-0.25, -0.2) is 9.97 Å². The summed E-state index contributed by atoms with van der Waals surface area (Å²) >= 11 is 4.93. The van der Waals surface area contributed by atoms with Crippen molar-refractivity contribution in [2.75, 3.05) is 11.9 Å². The molecule has 0 aliphatic heterocycles. The third-order valence-electron chi connectivity index (χ3n) is 3.34. The molecule has 0 spiro atoms. The van der Waals surface area contributed by atoms with Crippen molar-refractivity contribution in [3.8, 4) is 0 Å². The molecule has 1 aliphatic carbocycles. The van der Waals surface area contributed by atoms with Crippen LogP contribution in [0.2, 0.25) is 0 Å². The molecule has 0 amide bonds. The SMILES string of the molecule is Cc1cc(C(N)=S)nc(NCC2(C)CCC2)n1. The molecular formula is C12H18N4S. The largest absolute Gasteiger partial charge is 0.388 e. The predicted molar refractivity (Wildman–Crippen MR) is 73.1 cm³/mol. The number of hydrogen-bond acceptors (Lipinski definition) is 4. The van der Waals surface area contributed by atoms with Crippen LogP contribution < -0.4 is 11.1 Å². The van der Waals surface area contributed by atoms with E-state index in [0.29, 0.717) is 22.0 Å². The molecule has 1 heterocycles. The molecule has 92 valence electrons. The minimum absolute atomic E-state index is 0.313.